The first-order chi connectivity index (χ1) is 11.0. The standard InChI is InChI=1S/C15H11Br2N3O3/c1-5-10-11(6-2-7(16)13(21)8(17)3-6)12-9(4-23-15(12)22)18-14(10)20-19-5/h2-3,11,21H,4H2,1H3,(H2,18,19,20)/t11-/m0/s1. The van der Waals surface area contributed by atoms with Crippen LogP contribution in [-0.2, 0) is 9.53 Å². The number of aromatic nitrogens is 2. The molecule has 1 aromatic heterocycles. The number of H-pyrrole nitrogens is 1. The number of cyclic esters (lactones) is 1. The molecule has 3 N–H and O–H groups in total. The second kappa shape index (κ2) is 5.10. The molecule has 8 heteroatoms. The molecule has 2 aromatic rings. The summed E-state index contributed by atoms with van der Waals surface area (Å²) in [6.45, 7) is 2.13. The first-order valence-corrected chi connectivity index (χ1v) is 8.46. The van der Waals surface area contributed by atoms with Crippen LogP contribution in [0.5, 0.6) is 5.75 Å². The SMILES string of the molecule is Cc1[nH]nc2c1[C@H](c1cc(Br)c(O)c(Br)c1)C1=C(COC1=O)N2. The van der Waals surface area contributed by atoms with Crippen molar-refractivity contribution < 1.29 is 14.6 Å². The first kappa shape index (κ1) is 14.8. The van der Waals surface area contributed by atoms with Gasteiger partial charge in [-0.2, -0.15) is 5.10 Å². The molecule has 1 aromatic carbocycles. The van der Waals surface area contributed by atoms with Gasteiger partial charge in [-0.3, -0.25) is 5.10 Å². The van der Waals surface area contributed by atoms with E-state index in [-0.39, 0.29) is 24.2 Å². The molecule has 2 aliphatic heterocycles. The summed E-state index contributed by atoms with van der Waals surface area (Å²) in [5.41, 5.74) is 3.97. The largest absolute Gasteiger partial charge is 0.506 e. The molecule has 4 rings (SSSR count). The zero-order valence-electron chi connectivity index (χ0n) is 11.9. The summed E-state index contributed by atoms with van der Waals surface area (Å²) in [4.78, 5) is 12.2. The lowest BCUT2D eigenvalue weighted by molar-refractivity contribution is -0.136. The highest BCUT2D eigenvalue weighted by Crippen LogP contribution is 2.47. The van der Waals surface area contributed by atoms with Gasteiger partial charge in [0.25, 0.3) is 0 Å². The third-order valence-electron chi connectivity index (χ3n) is 4.11. The molecule has 0 unspecified atom stereocenters. The van der Waals surface area contributed by atoms with Gasteiger partial charge >= 0.3 is 5.97 Å². The minimum atomic E-state index is -0.330. The Hall–Kier alpha value is -1.80. The number of halogens is 2. The average Bonchev–Trinajstić information content (AvgIpc) is 3.07. The second-order valence-electron chi connectivity index (χ2n) is 5.47. The maximum atomic E-state index is 12.2. The monoisotopic (exact) mass is 439 g/mol. The van der Waals surface area contributed by atoms with E-state index >= 15 is 0 Å². The summed E-state index contributed by atoms with van der Waals surface area (Å²) >= 11 is 6.70. The number of phenolic OH excluding ortho intramolecular Hbond substituents is 1. The normalized spacial score (nSPS) is 19.3. The molecule has 0 radical (unpaired) electrons. The Morgan fingerprint density at radius 2 is 2.04 bits per heavy atom. The van der Waals surface area contributed by atoms with Gasteiger partial charge in [0.2, 0.25) is 0 Å². The summed E-state index contributed by atoms with van der Waals surface area (Å²) in [6.07, 6.45) is 0. The van der Waals surface area contributed by atoms with Gasteiger partial charge in [0.15, 0.2) is 5.82 Å². The lowest BCUT2D eigenvalue weighted by Crippen LogP contribution is -2.19. The molecule has 0 aliphatic carbocycles. The smallest absolute Gasteiger partial charge is 0.337 e. The fourth-order valence-electron chi connectivity index (χ4n) is 3.07. The summed E-state index contributed by atoms with van der Waals surface area (Å²) in [5.74, 6) is 0.187. The Balaban J connectivity index is 1.97. The minimum absolute atomic E-state index is 0.120. The topological polar surface area (TPSA) is 87.2 Å². The zero-order chi connectivity index (χ0) is 16.3. The molecule has 23 heavy (non-hydrogen) atoms. The van der Waals surface area contributed by atoms with Crippen molar-refractivity contribution in [3.8, 4) is 5.75 Å². The summed E-state index contributed by atoms with van der Waals surface area (Å²) in [7, 11) is 0. The molecule has 0 fully saturated rings. The number of benzene rings is 1. The molecule has 3 heterocycles. The lowest BCUT2D eigenvalue weighted by atomic mass is 9.82. The molecular formula is C15H11Br2N3O3. The highest BCUT2D eigenvalue weighted by Gasteiger charge is 2.40. The molecule has 0 amide bonds. The van der Waals surface area contributed by atoms with Crippen LogP contribution in [0.15, 0.2) is 32.3 Å². The molecule has 2 aliphatic rings. The van der Waals surface area contributed by atoms with Crippen LogP contribution in [0.25, 0.3) is 0 Å². The third-order valence-corrected chi connectivity index (χ3v) is 5.32. The number of aromatic hydroxyl groups is 1. The van der Waals surface area contributed by atoms with Crippen molar-refractivity contribution in [3.63, 3.8) is 0 Å². The van der Waals surface area contributed by atoms with Crippen molar-refractivity contribution in [3.05, 3.63) is 49.2 Å². The summed E-state index contributed by atoms with van der Waals surface area (Å²) in [6, 6.07) is 3.62. The first-order valence-electron chi connectivity index (χ1n) is 6.87. The van der Waals surface area contributed by atoms with Crippen molar-refractivity contribution in [2.24, 2.45) is 0 Å². The summed E-state index contributed by atoms with van der Waals surface area (Å²) in [5, 5.41) is 20.3. The molecular weight excluding hydrogens is 430 g/mol. The van der Waals surface area contributed by atoms with E-state index in [4.69, 9.17) is 4.74 Å². The van der Waals surface area contributed by atoms with Crippen molar-refractivity contribution in [2.75, 3.05) is 11.9 Å². The number of ether oxygens (including phenoxy) is 1. The van der Waals surface area contributed by atoms with Crippen LogP contribution in [-0.4, -0.2) is 27.9 Å². The van der Waals surface area contributed by atoms with Crippen LogP contribution in [0.4, 0.5) is 5.82 Å². The predicted molar refractivity (Wildman–Crippen MR) is 90.3 cm³/mol. The van der Waals surface area contributed by atoms with Gasteiger partial charge in [0.1, 0.15) is 12.4 Å². The van der Waals surface area contributed by atoms with Crippen LogP contribution in [0.1, 0.15) is 22.7 Å². The minimum Gasteiger partial charge on any atom is -0.506 e. The van der Waals surface area contributed by atoms with E-state index in [1.165, 1.54) is 0 Å². The van der Waals surface area contributed by atoms with E-state index in [0.717, 1.165) is 22.5 Å². The summed E-state index contributed by atoms with van der Waals surface area (Å²) < 4.78 is 6.29. The Morgan fingerprint density at radius 1 is 1.35 bits per heavy atom. The fourth-order valence-corrected chi connectivity index (χ4v) is 4.29. The number of esters is 1. The molecule has 0 saturated carbocycles. The van der Waals surface area contributed by atoms with E-state index in [2.05, 4.69) is 47.4 Å². The second-order valence-corrected chi connectivity index (χ2v) is 7.18. The number of nitrogens with one attached hydrogen (secondary N) is 2. The molecule has 1 atom stereocenters. The average molecular weight is 441 g/mol. The highest BCUT2D eigenvalue weighted by molar-refractivity contribution is 9.11. The van der Waals surface area contributed by atoms with Gasteiger partial charge in [-0.05, 0) is 56.5 Å². The predicted octanol–water partition coefficient (Wildman–Crippen LogP) is 3.32. The molecule has 0 bridgehead atoms. The van der Waals surface area contributed by atoms with Crippen LogP contribution in [0.2, 0.25) is 0 Å². The number of aromatic amines is 1. The maximum absolute atomic E-state index is 12.2. The van der Waals surface area contributed by atoms with Gasteiger partial charge in [0.05, 0.1) is 20.2 Å². The third kappa shape index (κ3) is 2.12. The van der Waals surface area contributed by atoms with Gasteiger partial charge < -0.3 is 15.2 Å². The van der Waals surface area contributed by atoms with Crippen LogP contribution in [0, 0.1) is 6.92 Å². The van der Waals surface area contributed by atoms with Gasteiger partial charge in [-0.1, -0.05) is 0 Å². The maximum Gasteiger partial charge on any atom is 0.337 e. The van der Waals surface area contributed by atoms with E-state index in [1.807, 2.05) is 19.1 Å². The lowest BCUT2D eigenvalue weighted by Gasteiger charge is -2.24. The van der Waals surface area contributed by atoms with Gasteiger partial charge in [-0.15, -0.1) is 0 Å². The fraction of sp³-hybridized carbons (Fsp3) is 0.200. The van der Waals surface area contributed by atoms with Gasteiger partial charge in [0, 0.05) is 17.2 Å². The van der Waals surface area contributed by atoms with E-state index in [9.17, 15) is 9.90 Å². The number of carbonyl (C=O) groups is 1. The van der Waals surface area contributed by atoms with Crippen LogP contribution < -0.4 is 5.32 Å². The Bertz CT molecular complexity index is 865. The molecule has 118 valence electrons. The zero-order valence-corrected chi connectivity index (χ0v) is 15.1. The Kier molecular flexibility index (Phi) is 3.28. The number of aryl methyl sites for hydroxylation is 1. The Morgan fingerprint density at radius 3 is 2.74 bits per heavy atom. The number of anilines is 1. The number of carbonyl (C=O) groups excluding carboxylic acids is 1. The van der Waals surface area contributed by atoms with Crippen molar-refractivity contribution in [1.29, 1.82) is 0 Å². The molecule has 0 spiro atoms. The van der Waals surface area contributed by atoms with Crippen LogP contribution in [0.3, 0.4) is 0 Å². The van der Waals surface area contributed by atoms with E-state index < -0.39 is 0 Å². The molecule has 6 nitrogen and oxygen atoms in total. The van der Waals surface area contributed by atoms with Crippen molar-refractivity contribution in [1.82, 2.24) is 10.2 Å². The van der Waals surface area contributed by atoms with Crippen molar-refractivity contribution >= 4 is 43.6 Å². The number of fused-ring (bicyclic) bond motifs is 1. The number of phenols is 1. The number of hydrogen-bond donors (Lipinski definition) is 3. The number of rotatable bonds is 1. The van der Waals surface area contributed by atoms with Gasteiger partial charge in [-0.25, -0.2) is 4.79 Å². The van der Waals surface area contributed by atoms with Crippen LogP contribution >= 0.6 is 31.9 Å². The Labute approximate surface area is 148 Å². The van der Waals surface area contributed by atoms with E-state index in [1.54, 1.807) is 0 Å². The number of hydrogen-bond acceptors (Lipinski definition) is 5. The molecule has 0 saturated heterocycles. The van der Waals surface area contributed by atoms with E-state index in [0.29, 0.717) is 20.3 Å². The highest BCUT2D eigenvalue weighted by atomic mass is 79.9. The van der Waals surface area contributed by atoms with Crippen molar-refractivity contribution in [2.45, 2.75) is 12.8 Å². The number of nitrogens with zero attached hydrogens (tertiary/aromatic N) is 1. The quantitative estimate of drug-likeness (QED) is 0.592.